The summed E-state index contributed by atoms with van der Waals surface area (Å²) in [6.07, 6.45) is 2.05. The van der Waals surface area contributed by atoms with Crippen molar-refractivity contribution in [3.05, 3.63) is 60.2 Å². The molecule has 2 aromatic rings. The monoisotopic (exact) mass is 423 g/mol. The highest BCUT2D eigenvalue weighted by Crippen LogP contribution is 2.36. The fraction of sp³-hybridized carbons (Fsp3) is 0.348. The number of para-hydroxylation sites is 1. The SMILES string of the molecule is O=C(NCCc1ccccc1)C1CCN(C(=O)[C@H]2Sc3ccccc3NC2=O)CC1. The van der Waals surface area contributed by atoms with E-state index >= 15 is 0 Å². The molecule has 2 N–H and O–H groups in total. The highest BCUT2D eigenvalue weighted by atomic mass is 32.2. The summed E-state index contributed by atoms with van der Waals surface area (Å²) in [6, 6.07) is 17.6. The first-order valence-electron chi connectivity index (χ1n) is 10.3. The minimum atomic E-state index is -0.767. The van der Waals surface area contributed by atoms with Crippen LogP contribution in [0.25, 0.3) is 0 Å². The molecule has 0 unspecified atom stereocenters. The van der Waals surface area contributed by atoms with Crippen molar-refractivity contribution in [3.8, 4) is 0 Å². The number of fused-ring (bicyclic) bond motifs is 1. The molecule has 0 spiro atoms. The smallest absolute Gasteiger partial charge is 0.247 e. The Morgan fingerprint density at radius 3 is 2.50 bits per heavy atom. The minimum absolute atomic E-state index is 0.0525. The Kier molecular flexibility index (Phi) is 6.38. The van der Waals surface area contributed by atoms with E-state index in [4.69, 9.17) is 0 Å². The van der Waals surface area contributed by atoms with Crippen molar-refractivity contribution in [1.82, 2.24) is 10.2 Å². The molecule has 0 radical (unpaired) electrons. The molecule has 3 amide bonds. The lowest BCUT2D eigenvalue weighted by Crippen LogP contribution is -2.49. The molecule has 1 fully saturated rings. The van der Waals surface area contributed by atoms with Gasteiger partial charge < -0.3 is 15.5 Å². The van der Waals surface area contributed by atoms with E-state index in [1.165, 1.54) is 17.3 Å². The predicted octanol–water partition coefficient (Wildman–Crippen LogP) is 2.70. The largest absolute Gasteiger partial charge is 0.356 e. The first kappa shape index (κ1) is 20.5. The zero-order valence-electron chi connectivity index (χ0n) is 16.7. The Hall–Kier alpha value is -2.80. The number of rotatable bonds is 5. The number of hydrogen-bond donors (Lipinski definition) is 2. The van der Waals surface area contributed by atoms with Crippen molar-refractivity contribution in [2.24, 2.45) is 5.92 Å². The van der Waals surface area contributed by atoms with E-state index in [0.717, 1.165) is 17.0 Å². The molecular weight excluding hydrogens is 398 g/mol. The maximum atomic E-state index is 12.9. The second-order valence-corrected chi connectivity index (χ2v) is 8.76. The maximum absolute atomic E-state index is 12.9. The minimum Gasteiger partial charge on any atom is -0.356 e. The van der Waals surface area contributed by atoms with Crippen LogP contribution in [0.3, 0.4) is 0 Å². The molecule has 0 aromatic heterocycles. The Morgan fingerprint density at radius 1 is 1.03 bits per heavy atom. The standard InChI is InChI=1S/C23H25N3O3S/c27-21(24-13-10-16-6-2-1-3-7-16)17-11-14-26(15-12-17)23(29)20-22(28)25-18-8-4-5-9-19(18)30-20/h1-9,17,20H,10-15H2,(H,24,27)(H,25,28)/t20-/m0/s1. The third kappa shape index (κ3) is 4.67. The zero-order valence-corrected chi connectivity index (χ0v) is 17.5. The summed E-state index contributed by atoms with van der Waals surface area (Å²) in [5.74, 6) is -0.477. The van der Waals surface area contributed by atoms with Gasteiger partial charge in [0.15, 0.2) is 5.25 Å². The van der Waals surface area contributed by atoms with Gasteiger partial charge in [-0.2, -0.15) is 0 Å². The van der Waals surface area contributed by atoms with E-state index in [1.807, 2.05) is 54.6 Å². The predicted molar refractivity (Wildman–Crippen MR) is 117 cm³/mol. The topological polar surface area (TPSA) is 78.5 Å². The van der Waals surface area contributed by atoms with Gasteiger partial charge in [-0.1, -0.05) is 42.5 Å². The molecule has 2 aromatic carbocycles. The lowest BCUT2D eigenvalue weighted by atomic mass is 9.95. The molecule has 0 aliphatic carbocycles. The molecule has 0 saturated carbocycles. The summed E-state index contributed by atoms with van der Waals surface area (Å²) in [6.45, 7) is 1.61. The van der Waals surface area contributed by atoms with Crippen LogP contribution >= 0.6 is 11.8 Å². The van der Waals surface area contributed by atoms with Gasteiger partial charge in [-0.3, -0.25) is 14.4 Å². The van der Waals surface area contributed by atoms with Crippen LogP contribution in [-0.4, -0.2) is 47.5 Å². The molecule has 30 heavy (non-hydrogen) atoms. The van der Waals surface area contributed by atoms with Gasteiger partial charge in [-0.25, -0.2) is 0 Å². The number of nitrogens with one attached hydrogen (secondary N) is 2. The number of anilines is 1. The van der Waals surface area contributed by atoms with E-state index in [-0.39, 0.29) is 23.6 Å². The number of benzene rings is 2. The van der Waals surface area contributed by atoms with Crippen molar-refractivity contribution in [2.45, 2.75) is 29.4 Å². The van der Waals surface area contributed by atoms with Crippen LogP contribution in [0.5, 0.6) is 0 Å². The second-order valence-electron chi connectivity index (χ2n) is 7.61. The maximum Gasteiger partial charge on any atom is 0.247 e. The number of hydrogen-bond acceptors (Lipinski definition) is 4. The lowest BCUT2D eigenvalue weighted by Gasteiger charge is -2.34. The van der Waals surface area contributed by atoms with Gasteiger partial charge in [0.05, 0.1) is 5.69 Å². The third-order valence-electron chi connectivity index (χ3n) is 5.59. The molecule has 4 rings (SSSR count). The summed E-state index contributed by atoms with van der Waals surface area (Å²) in [7, 11) is 0. The van der Waals surface area contributed by atoms with E-state index in [0.29, 0.717) is 32.5 Å². The molecule has 0 bridgehead atoms. The Bertz CT molecular complexity index is 926. The fourth-order valence-electron chi connectivity index (χ4n) is 3.86. The van der Waals surface area contributed by atoms with Crippen LogP contribution in [0.2, 0.25) is 0 Å². The summed E-state index contributed by atoms with van der Waals surface area (Å²) in [4.78, 5) is 40.4. The van der Waals surface area contributed by atoms with Crippen LogP contribution < -0.4 is 10.6 Å². The molecule has 1 saturated heterocycles. The summed E-state index contributed by atoms with van der Waals surface area (Å²) in [5, 5.41) is 5.07. The van der Waals surface area contributed by atoms with E-state index in [1.54, 1.807) is 4.90 Å². The van der Waals surface area contributed by atoms with Crippen LogP contribution in [0.4, 0.5) is 5.69 Å². The van der Waals surface area contributed by atoms with Gasteiger partial charge in [-0.05, 0) is 37.0 Å². The Labute approximate surface area is 180 Å². The number of thioether (sulfide) groups is 1. The normalized spacial score (nSPS) is 19.0. The highest BCUT2D eigenvalue weighted by molar-refractivity contribution is 8.01. The van der Waals surface area contributed by atoms with Crippen molar-refractivity contribution >= 4 is 35.2 Å². The van der Waals surface area contributed by atoms with Crippen molar-refractivity contribution in [2.75, 3.05) is 25.0 Å². The second kappa shape index (κ2) is 9.34. The van der Waals surface area contributed by atoms with Crippen LogP contribution in [-0.2, 0) is 20.8 Å². The van der Waals surface area contributed by atoms with Gasteiger partial charge in [0.1, 0.15) is 0 Å². The van der Waals surface area contributed by atoms with Crippen molar-refractivity contribution < 1.29 is 14.4 Å². The van der Waals surface area contributed by atoms with E-state index in [9.17, 15) is 14.4 Å². The third-order valence-corrected chi connectivity index (χ3v) is 6.85. The first-order valence-corrected chi connectivity index (χ1v) is 11.2. The summed E-state index contributed by atoms with van der Waals surface area (Å²) < 4.78 is 0. The molecule has 7 heteroatoms. The Morgan fingerprint density at radius 2 is 1.73 bits per heavy atom. The molecule has 2 heterocycles. The molecule has 2 aliphatic rings. The molecule has 2 aliphatic heterocycles. The van der Waals surface area contributed by atoms with Gasteiger partial charge in [-0.15, -0.1) is 11.8 Å². The number of carbonyl (C=O) groups excluding carboxylic acids is 3. The Balaban J connectivity index is 1.25. The summed E-state index contributed by atoms with van der Waals surface area (Å²) in [5.41, 5.74) is 1.95. The molecule has 1 atom stereocenters. The van der Waals surface area contributed by atoms with E-state index in [2.05, 4.69) is 10.6 Å². The average molecular weight is 424 g/mol. The first-order chi connectivity index (χ1) is 14.6. The molecular formula is C23H25N3O3S. The number of nitrogens with zero attached hydrogens (tertiary/aromatic N) is 1. The lowest BCUT2D eigenvalue weighted by molar-refractivity contribution is -0.137. The molecule has 6 nitrogen and oxygen atoms in total. The van der Waals surface area contributed by atoms with Gasteiger partial charge in [0, 0.05) is 30.4 Å². The van der Waals surface area contributed by atoms with Crippen molar-refractivity contribution in [1.29, 1.82) is 0 Å². The van der Waals surface area contributed by atoms with Gasteiger partial charge >= 0.3 is 0 Å². The van der Waals surface area contributed by atoms with Crippen LogP contribution in [0.15, 0.2) is 59.5 Å². The number of carbonyl (C=O) groups is 3. The van der Waals surface area contributed by atoms with Crippen LogP contribution in [0.1, 0.15) is 18.4 Å². The average Bonchev–Trinajstić information content (AvgIpc) is 2.79. The molecule has 156 valence electrons. The number of piperidine rings is 1. The number of likely N-dealkylation sites (tertiary alicyclic amines) is 1. The highest BCUT2D eigenvalue weighted by Gasteiger charge is 2.37. The van der Waals surface area contributed by atoms with E-state index < -0.39 is 5.25 Å². The number of amides is 3. The van der Waals surface area contributed by atoms with Gasteiger partial charge in [0.25, 0.3) is 0 Å². The quantitative estimate of drug-likeness (QED) is 0.725. The fourth-order valence-corrected chi connectivity index (χ4v) is 4.93. The van der Waals surface area contributed by atoms with Crippen LogP contribution in [0, 0.1) is 5.92 Å². The summed E-state index contributed by atoms with van der Waals surface area (Å²) >= 11 is 1.30. The van der Waals surface area contributed by atoms with Gasteiger partial charge in [0.2, 0.25) is 17.7 Å². The zero-order chi connectivity index (χ0) is 20.9. The van der Waals surface area contributed by atoms with Crippen molar-refractivity contribution in [3.63, 3.8) is 0 Å².